The van der Waals surface area contributed by atoms with Gasteiger partial charge in [0.05, 0.1) is 18.2 Å². The van der Waals surface area contributed by atoms with Gasteiger partial charge in [-0.2, -0.15) is 11.3 Å². The minimum Gasteiger partial charge on any atom is -0.394 e. The van der Waals surface area contributed by atoms with Crippen LogP contribution in [0.2, 0.25) is 0 Å². The largest absolute Gasteiger partial charge is 0.394 e. The van der Waals surface area contributed by atoms with Crippen LogP contribution >= 0.6 is 11.3 Å². The number of imidazole rings is 1. The van der Waals surface area contributed by atoms with Crippen LogP contribution in [0.5, 0.6) is 0 Å². The lowest BCUT2D eigenvalue weighted by atomic mass is 10.1. The van der Waals surface area contributed by atoms with Gasteiger partial charge in [0.25, 0.3) is 17.7 Å². The molecule has 38 heavy (non-hydrogen) atoms. The molecule has 0 unspecified atom stereocenters. The zero-order valence-electron chi connectivity index (χ0n) is 21.5. The number of amides is 3. The molecule has 0 aromatic carbocycles. The number of hydrogen-bond donors (Lipinski definition) is 3. The molecule has 0 fully saturated rings. The summed E-state index contributed by atoms with van der Waals surface area (Å²) in [6.07, 6.45) is 4.43. The third kappa shape index (κ3) is 5.74. The third-order valence-electron chi connectivity index (χ3n) is 6.10. The Balaban J connectivity index is 1.56. The molecule has 4 aromatic rings. The predicted octanol–water partition coefficient (Wildman–Crippen LogP) is 2.63. The SMILES string of the molecule is CC[C@@H](CO)NC(=O)c1c(-c2ccsc2)nc2c(C(=O)NCCc3ccc(C(=O)N(C)C)nc3)cccn12. The fourth-order valence-corrected chi connectivity index (χ4v) is 4.58. The number of thiophene rings is 1. The van der Waals surface area contributed by atoms with Gasteiger partial charge in [0.15, 0.2) is 5.65 Å². The maximum Gasteiger partial charge on any atom is 0.271 e. The molecule has 0 saturated heterocycles. The monoisotopic (exact) mass is 534 g/mol. The van der Waals surface area contributed by atoms with Gasteiger partial charge < -0.3 is 20.6 Å². The zero-order chi connectivity index (χ0) is 27.2. The average molecular weight is 535 g/mol. The standard InChI is InChI=1S/C27H30N6O4S/c1-4-19(15-34)30-26(36)23-22(18-10-13-38-16-18)31-24-20(6-5-12-33(23)24)25(35)28-11-9-17-7-8-21(29-14-17)27(37)32(2)3/h5-8,10,12-14,16,19,34H,4,9,11,15H2,1-3H3,(H,28,35)(H,30,36)/t19-/m0/s1. The molecule has 0 saturated carbocycles. The minimum atomic E-state index is -0.389. The Kier molecular flexibility index (Phi) is 8.49. The molecule has 0 aliphatic carbocycles. The first-order chi connectivity index (χ1) is 18.3. The van der Waals surface area contributed by atoms with Gasteiger partial charge in [-0.05, 0) is 48.1 Å². The fraction of sp³-hybridized carbons (Fsp3) is 0.296. The van der Waals surface area contributed by atoms with Crippen LogP contribution in [0, 0.1) is 0 Å². The molecule has 11 heteroatoms. The summed E-state index contributed by atoms with van der Waals surface area (Å²) < 4.78 is 1.62. The van der Waals surface area contributed by atoms with E-state index in [0.717, 1.165) is 11.1 Å². The van der Waals surface area contributed by atoms with Gasteiger partial charge >= 0.3 is 0 Å². The van der Waals surface area contributed by atoms with Crippen LogP contribution in [0.4, 0.5) is 0 Å². The van der Waals surface area contributed by atoms with Gasteiger partial charge in [0.2, 0.25) is 0 Å². The quantitative estimate of drug-likeness (QED) is 0.287. The second-order valence-electron chi connectivity index (χ2n) is 8.95. The van der Waals surface area contributed by atoms with E-state index in [1.165, 1.54) is 16.2 Å². The Morgan fingerprint density at radius 2 is 1.97 bits per heavy atom. The summed E-state index contributed by atoms with van der Waals surface area (Å²) in [5.41, 5.74) is 3.49. The first-order valence-corrected chi connectivity index (χ1v) is 13.2. The van der Waals surface area contributed by atoms with Crippen molar-refractivity contribution in [2.75, 3.05) is 27.2 Å². The second kappa shape index (κ2) is 12.0. The number of aromatic nitrogens is 3. The summed E-state index contributed by atoms with van der Waals surface area (Å²) in [6.45, 7) is 2.05. The van der Waals surface area contributed by atoms with Crippen molar-refractivity contribution in [1.29, 1.82) is 0 Å². The Morgan fingerprint density at radius 3 is 2.61 bits per heavy atom. The summed E-state index contributed by atoms with van der Waals surface area (Å²) in [4.78, 5) is 48.8. The van der Waals surface area contributed by atoms with E-state index in [9.17, 15) is 19.5 Å². The predicted molar refractivity (Wildman–Crippen MR) is 145 cm³/mol. The molecule has 4 heterocycles. The molecule has 0 spiro atoms. The molecule has 0 radical (unpaired) electrons. The number of carbonyl (C=O) groups excluding carboxylic acids is 3. The van der Waals surface area contributed by atoms with E-state index < -0.39 is 0 Å². The van der Waals surface area contributed by atoms with Gasteiger partial charge in [0, 0.05) is 44.0 Å². The zero-order valence-corrected chi connectivity index (χ0v) is 22.3. The highest BCUT2D eigenvalue weighted by atomic mass is 32.1. The van der Waals surface area contributed by atoms with Crippen molar-refractivity contribution in [3.63, 3.8) is 0 Å². The summed E-state index contributed by atoms with van der Waals surface area (Å²) in [7, 11) is 3.34. The average Bonchev–Trinajstić information content (AvgIpc) is 3.59. The molecule has 0 aliphatic rings. The number of nitrogens with zero attached hydrogens (tertiary/aromatic N) is 4. The Bertz CT molecular complexity index is 1430. The van der Waals surface area contributed by atoms with Crippen molar-refractivity contribution in [2.45, 2.75) is 25.8 Å². The Labute approximate surface area is 224 Å². The molecular formula is C27H30N6O4S. The highest BCUT2D eigenvalue weighted by Gasteiger charge is 2.25. The second-order valence-corrected chi connectivity index (χ2v) is 9.73. The Morgan fingerprint density at radius 1 is 1.16 bits per heavy atom. The van der Waals surface area contributed by atoms with Crippen LogP contribution in [-0.4, -0.2) is 75.4 Å². The first-order valence-electron chi connectivity index (χ1n) is 12.2. The Hall–Kier alpha value is -4.09. The molecule has 3 N–H and O–H groups in total. The lowest BCUT2D eigenvalue weighted by Crippen LogP contribution is -2.37. The van der Waals surface area contributed by atoms with Crippen LogP contribution in [0.15, 0.2) is 53.5 Å². The third-order valence-corrected chi connectivity index (χ3v) is 6.79. The lowest BCUT2D eigenvalue weighted by molar-refractivity contribution is 0.0821. The van der Waals surface area contributed by atoms with Crippen molar-refractivity contribution in [3.05, 3.63) is 76.0 Å². The van der Waals surface area contributed by atoms with Crippen LogP contribution in [0.1, 0.15) is 50.2 Å². The molecule has 1 atom stereocenters. The van der Waals surface area contributed by atoms with E-state index in [4.69, 9.17) is 4.98 Å². The minimum absolute atomic E-state index is 0.172. The van der Waals surface area contributed by atoms with Crippen LogP contribution in [0.25, 0.3) is 16.9 Å². The molecule has 4 rings (SSSR count). The number of hydrogen-bond acceptors (Lipinski definition) is 7. The van der Waals surface area contributed by atoms with Crippen LogP contribution in [-0.2, 0) is 6.42 Å². The van der Waals surface area contributed by atoms with Crippen molar-refractivity contribution >= 4 is 34.7 Å². The van der Waals surface area contributed by atoms with Gasteiger partial charge in [-0.3, -0.25) is 23.8 Å². The summed E-state index contributed by atoms with van der Waals surface area (Å²) in [6, 6.07) is 8.34. The smallest absolute Gasteiger partial charge is 0.271 e. The topological polar surface area (TPSA) is 129 Å². The number of pyridine rings is 2. The first kappa shape index (κ1) is 27.0. The molecule has 198 valence electrons. The number of fused-ring (bicyclic) bond motifs is 1. The number of carbonyl (C=O) groups is 3. The summed E-state index contributed by atoms with van der Waals surface area (Å²) >= 11 is 1.48. The van der Waals surface area contributed by atoms with Crippen molar-refractivity contribution < 1.29 is 19.5 Å². The normalized spacial score (nSPS) is 11.8. The van der Waals surface area contributed by atoms with Crippen molar-refractivity contribution in [3.8, 4) is 11.3 Å². The molecule has 3 amide bonds. The molecular weight excluding hydrogens is 504 g/mol. The lowest BCUT2D eigenvalue weighted by Gasteiger charge is -2.14. The molecule has 10 nitrogen and oxygen atoms in total. The number of aliphatic hydroxyl groups is 1. The van der Waals surface area contributed by atoms with Crippen molar-refractivity contribution in [2.24, 2.45) is 0 Å². The number of rotatable bonds is 10. The summed E-state index contributed by atoms with van der Waals surface area (Å²) in [5, 5.41) is 19.1. The number of nitrogens with one attached hydrogen (secondary N) is 2. The molecule has 0 aliphatic heterocycles. The molecule has 4 aromatic heterocycles. The van der Waals surface area contributed by atoms with E-state index in [-0.39, 0.29) is 30.4 Å². The van der Waals surface area contributed by atoms with Crippen molar-refractivity contribution in [1.82, 2.24) is 29.9 Å². The fourth-order valence-electron chi connectivity index (χ4n) is 3.94. The van der Waals surface area contributed by atoms with E-state index in [0.29, 0.717) is 47.7 Å². The maximum atomic E-state index is 13.3. The van der Waals surface area contributed by atoms with Gasteiger partial charge in [-0.25, -0.2) is 4.98 Å². The summed E-state index contributed by atoms with van der Waals surface area (Å²) in [5.74, 6) is -0.867. The van der Waals surface area contributed by atoms with E-state index in [1.54, 1.807) is 49.1 Å². The van der Waals surface area contributed by atoms with Gasteiger partial charge in [-0.1, -0.05) is 13.0 Å². The highest BCUT2D eigenvalue weighted by molar-refractivity contribution is 7.08. The van der Waals surface area contributed by atoms with E-state index in [2.05, 4.69) is 15.6 Å². The van der Waals surface area contributed by atoms with E-state index >= 15 is 0 Å². The van der Waals surface area contributed by atoms with Crippen LogP contribution in [0.3, 0.4) is 0 Å². The van der Waals surface area contributed by atoms with E-state index in [1.807, 2.05) is 29.8 Å². The maximum absolute atomic E-state index is 13.3. The van der Waals surface area contributed by atoms with Crippen LogP contribution < -0.4 is 10.6 Å². The van der Waals surface area contributed by atoms with Gasteiger partial charge in [-0.15, -0.1) is 0 Å². The number of aliphatic hydroxyl groups excluding tert-OH is 1. The highest BCUT2D eigenvalue weighted by Crippen LogP contribution is 2.28. The molecule has 0 bridgehead atoms. The van der Waals surface area contributed by atoms with Gasteiger partial charge in [0.1, 0.15) is 17.1 Å².